The summed E-state index contributed by atoms with van der Waals surface area (Å²) >= 11 is 0. The van der Waals surface area contributed by atoms with E-state index in [2.05, 4.69) is 5.32 Å². The Morgan fingerprint density at radius 3 is 2.56 bits per heavy atom. The summed E-state index contributed by atoms with van der Waals surface area (Å²) in [6, 6.07) is 3.83. The molecule has 1 amide bonds. The van der Waals surface area contributed by atoms with E-state index in [0.717, 1.165) is 29.7 Å². The van der Waals surface area contributed by atoms with E-state index in [1.165, 1.54) is 0 Å². The summed E-state index contributed by atoms with van der Waals surface area (Å²) in [5.74, 6) is 0.0908. The lowest BCUT2D eigenvalue weighted by atomic mass is 9.99. The number of rotatable bonds is 2. The monoisotopic (exact) mass is 248 g/mol. The number of aryl methyl sites for hydroxylation is 2. The lowest BCUT2D eigenvalue weighted by molar-refractivity contribution is -0.122. The van der Waals surface area contributed by atoms with Crippen LogP contribution in [0.4, 0.5) is 11.4 Å². The van der Waals surface area contributed by atoms with Crippen LogP contribution in [-0.4, -0.2) is 19.1 Å². The first-order chi connectivity index (χ1) is 8.58. The molecular formula is C14H20N2O2. The van der Waals surface area contributed by atoms with Crippen molar-refractivity contribution in [3.63, 3.8) is 0 Å². The number of carbonyl (C=O) groups excluding carboxylic acids is 1. The number of nitrogens with one attached hydrogen (secondary N) is 1. The van der Waals surface area contributed by atoms with Gasteiger partial charge in [0.15, 0.2) is 0 Å². The van der Waals surface area contributed by atoms with Crippen LogP contribution in [-0.2, 0) is 9.53 Å². The molecule has 1 aromatic carbocycles. The third-order valence-corrected chi connectivity index (χ3v) is 3.52. The molecule has 0 aromatic heterocycles. The van der Waals surface area contributed by atoms with Gasteiger partial charge in [-0.2, -0.15) is 0 Å². The fourth-order valence-electron chi connectivity index (χ4n) is 2.14. The van der Waals surface area contributed by atoms with Crippen molar-refractivity contribution in [3.05, 3.63) is 23.3 Å². The van der Waals surface area contributed by atoms with Crippen LogP contribution in [0.2, 0.25) is 0 Å². The fourth-order valence-corrected chi connectivity index (χ4v) is 2.14. The standard InChI is InChI=1S/C14H20N2O2/c1-9-7-12(15)13(8-10(9)2)16-14(17)11-3-5-18-6-4-11/h7-8,11H,3-6,15H2,1-2H3,(H,16,17). The van der Waals surface area contributed by atoms with E-state index in [4.69, 9.17) is 10.5 Å². The zero-order valence-corrected chi connectivity index (χ0v) is 11.0. The van der Waals surface area contributed by atoms with Crippen molar-refractivity contribution >= 4 is 17.3 Å². The highest BCUT2D eigenvalue weighted by molar-refractivity contribution is 5.95. The molecular weight excluding hydrogens is 228 g/mol. The molecule has 1 aliphatic rings. The van der Waals surface area contributed by atoms with Gasteiger partial charge in [0.2, 0.25) is 5.91 Å². The number of carbonyl (C=O) groups is 1. The van der Waals surface area contributed by atoms with Crippen molar-refractivity contribution in [2.24, 2.45) is 5.92 Å². The summed E-state index contributed by atoms with van der Waals surface area (Å²) in [5, 5.41) is 2.93. The molecule has 0 atom stereocenters. The van der Waals surface area contributed by atoms with Gasteiger partial charge in [-0.25, -0.2) is 0 Å². The van der Waals surface area contributed by atoms with Crippen LogP contribution in [0.15, 0.2) is 12.1 Å². The molecule has 18 heavy (non-hydrogen) atoms. The Labute approximate surface area is 108 Å². The third kappa shape index (κ3) is 2.82. The van der Waals surface area contributed by atoms with Crippen molar-refractivity contribution in [1.82, 2.24) is 0 Å². The lowest BCUT2D eigenvalue weighted by Crippen LogP contribution is -2.28. The average Bonchev–Trinajstić information content (AvgIpc) is 2.37. The molecule has 0 radical (unpaired) electrons. The highest BCUT2D eigenvalue weighted by Gasteiger charge is 2.22. The number of nitrogen functional groups attached to an aromatic ring is 1. The van der Waals surface area contributed by atoms with Gasteiger partial charge in [0.1, 0.15) is 0 Å². The molecule has 0 bridgehead atoms. The molecule has 0 unspecified atom stereocenters. The maximum Gasteiger partial charge on any atom is 0.227 e. The number of ether oxygens (including phenoxy) is 1. The summed E-state index contributed by atoms with van der Waals surface area (Å²) in [4.78, 5) is 12.1. The van der Waals surface area contributed by atoms with Gasteiger partial charge in [0.05, 0.1) is 11.4 Å². The molecule has 4 heteroatoms. The second-order valence-corrected chi connectivity index (χ2v) is 4.90. The number of hydrogen-bond donors (Lipinski definition) is 2. The zero-order chi connectivity index (χ0) is 13.1. The Bertz CT molecular complexity index is 451. The molecule has 0 spiro atoms. The Kier molecular flexibility index (Phi) is 3.87. The summed E-state index contributed by atoms with van der Waals surface area (Å²) in [6.45, 7) is 5.36. The Morgan fingerprint density at radius 2 is 1.89 bits per heavy atom. The number of amides is 1. The Hall–Kier alpha value is -1.55. The van der Waals surface area contributed by atoms with Crippen molar-refractivity contribution in [2.75, 3.05) is 24.3 Å². The number of anilines is 2. The van der Waals surface area contributed by atoms with Gasteiger partial charge < -0.3 is 15.8 Å². The van der Waals surface area contributed by atoms with E-state index in [-0.39, 0.29) is 11.8 Å². The molecule has 1 heterocycles. The van der Waals surface area contributed by atoms with Gasteiger partial charge in [-0.15, -0.1) is 0 Å². The van der Waals surface area contributed by atoms with Gasteiger partial charge >= 0.3 is 0 Å². The Morgan fingerprint density at radius 1 is 1.28 bits per heavy atom. The number of hydrogen-bond acceptors (Lipinski definition) is 3. The molecule has 98 valence electrons. The maximum atomic E-state index is 12.1. The van der Waals surface area contributed by atoms with Crippen molar-refractivity contribution < 1.29 is 9.53 Å². The zero-order valence-electron chi connectivity index (χ0n) is 11.0. The number of nitrogens with two attached hydrogens (primary N) is 1. The summed E-state index contributed by atoms with van der Waals surface area (Å²) in [5.41, 5.74) is 9.54. The van der Waals surface area contributed by atoms with Crippen LogP contribution in [0, 0.1) is 19.8 Å². The highest BCUT2D eigenvalue weighted by atomic mass is 16.5. The first kappa shape index (κ1) is 12.9. The molecule has 1 aromatic rings. The SMILES string of the molecule is Cc1cc(N)c(NC(=O)C2CCOCC2)cc1C. The van der Waals surface area contributed by atoms with Crippen LogP contribution in [0.25, 0.3) is 0 Å². The van der Waals surface area contributed by atoms with E-state index < -0.39 is 0 Å². The van der Waals surface area contributed by atoms with Crippen LogP contribution < -0.4 is 11.1 Å². The minimum absolute atomic E-state index is 0.0414. The number of benzene rings is 1. The average molecular weight is 248 g/mol. The molecule has 1 saturated heterocycles. The van der Waals surface area contributed by atoms with Crippen molar-refractivity contribution in [2.45, 2.75) is 26.7 Å². The second-order valence-electron chi connectivity index (χ2n) is 4.90. The summed E-state index contributed by atoms with van der Waals surface area (Å²) < 4.78 is 5.25. The molecule has 1 aliphatic heterocycles. The molecule has 3 N–H and O–H groups in total. The quantitative estimate of drug-likeness (QED) is 0.789. The van der Waals surface area contributed by atoms with Crippen molar-refractivity contribution in [1.29, 1.82) is 0 Å². The largest absolute Gasteiger partial charge is 0.397 e. The maximum absolute atomic E-state index is 12.1. The van der Waals surface area contributed by atoms with Crippen LogP contribution >= 0.6 is 0 Å². The molecule has 0 aliphatic carbocycles. The van der Waals surface area contributed by atoms with Crippen LogP contribution in [0.5, 0.6) is 0 Å². The fraction of sp³-hybridized carbons (Fsp3) is 0.500. The molecule has 4 nitrogen and oxygen atoms in total. The first-order valence-corrected chi connectivity index (χ1v) is 6.33. The van der Waals surface area contributed by atoms with Crippen molar-refractivity contribution in [3.8, 4) is 0 Å². The minimum atomic E-state index is 0.0414. The normalized spacial score (nSPS) is 16.6. The summed E-state index contributed by atoms with van der Waals surface area (Å²) in [6.07, 6.45) is 1.58. The van der Waals surface area contributed by atoms with E-state index >= 15 is 0 Å². The van der Waals surface area contributed by atoms with Gasteiger partial charge in [-0.3, -0.25) is 4.79 Å². The van der Waals surface area contributed by atoms with E-state index in [9.17, 15) is 4.79 Å². The lowest BCUT2D eigenvalue weighted by Gasteiger charge is -2.22. The predicted molar refractivity (Wildman–Crippen MR) is 72.5 cm³/mol. The minimum Gasteiger partial charge on any atom is -0.397 e. The first-order valence-electron chi connectivity index (χ1n) is 6.33. The van der Waals surface area contributed by atoms with Gasteiger partial charge in [0, 0.05) is 19.1 Å². The molecule has 0 saturated carbocycles. The summed E-state index contributed by atoms with van der Waals surface area (Å²) in [7, 11) is 0. The van der Waals surface area contributed by atoms with E-state index in [1.807, 2.05) is 26.0 Å². The molecule has 1 fully saturated rings. The Balaban J connectivity index is 2.08. The van der Waals surface area contributed by atoms with Crippen LogP contribution in [0.1, 0.15) is 24.0 Å². The second kappa shape index (κ2) is 5.40. The smallest absolute Gasteiger partial charge is 0.227 e. The highest BCUT2D eigenvalue weighted by Crippen LogP contribution is 2.25. The van der Waals surface area contributed by atoms with Gasteiger partial charge in [-0.05, 0) is 49.9 Å². The van der Waals surface area contributed by atoms with Gasteiger partial charge in [0.25, 0.3) is 0 Å². The van der Waals surface area contributed by atoms with Crippen LogP contribution in [0.3, 0.4) is 0 Å². The predicted octanol–water partition coefficient (Wildman–Crippen LogP) is 2.25. The topological polar surface area (TPSA) is 64.3 Å². The van der Waals surface area contributed by atoms with E-state index in [1.54, 1.807) is 0 Å². The van der Waals surface area contributed by atoms with E-state index in [0.29, 0.717) is 18.9 Å². The molecule has 2 rings (SSSR count). The van der Waals surface area contributed by atoms with Gasteiger partial charge in [-0.1, -0.05) is 0 Å². The third-order valence-electron chi connectivity index (χ3n) is 3.52.